The molecule has 1 aliphatic carbocycles. The summed E-state index contributed by atoms with van der Waals surface area (Å²) in [7, 11) is 1.49. The van der Waals surface area contributed by atoms with E-state index in [9.17, 15) is 9.18 Å². The van der Waals surface area contributed by atoms with E-state index in [-0.39, 0.29) is 30.0 Å². The molecule has 0 bridgehead atoms. The van der Waals surface area contributed by atoms with Gasteiger partial charge in [0.2, 0.25) is 0 Å². The highest BCUT2D eigenvalue weighted by Gasteiger charge is 2.29. The molecule has 136 valence electrons. The number of benzene rings is 2. The van der Waals surface area contributed by atoms with Gasteiger partial charge in [0, 0.05) is 18.3 Å². The van der Waals surface area contributed by atoms with Crippen LogP contribution in [0, 0.1) is 11.7 Å². The van der Waals surface area contributed by atoms with Gasteiger partial charge in [-0.15, -0.1) is 0 Å². The molecule has 2 unspecified atom stereocenters. The number of allylic oxidation sites excluding steroid dienone is 2. The van der Waals surface area contributed by atoms with Gasteiger partial charge in [0.05, 0.1) is 7.11 Å². The normalized spacial score (nSPS) is 19.8. The Labute approximate surface area is 153 Å². The Morgan fingerprint density at radius 1 is 1.19 bits per heavy atom. The first kappa shape index (κ1) is 18.2. The van der Waals surface area contributed by atoms with Crippen LogP contribution in [0.3, 0.4) is 0 Å². The lowest BCUT2D eigenvalue weighted by atomic mass is 9.77. The molecule has 0 spiro atoms. The maximum absolute atomic E-state index is 14.8. The smallest absolute Gasteiger partial charge is 0.197 e. The first-order valence-electron chi connectivity index (χ1n) is 8.73. The Balaban J connectivity index is 1.90. The number of methoxy groups -OCH3 is 1. The number of carbonyl (C=O) groups excluding carboxylic acids is 1. The molecule has 26 heavy (non-hydrogen) atoms. The fourth-order valence-corrected chi connectivity index (χ4v) is 3.33. The topological polar surface area (TPSA) is 35.5 Å². The molecule has 2 atom stereocenters. The highest BCUT2D eigenvalue weighted by molar-refractivity contribution is 5.85. The van der Waals surface area contributed by atoms with Crippen LogP contribution in [0.25, 0.3) is 0 Å². The summed E-state index contributed by atoms with van der Waals surface area (Å²) in [5.41, 5.74) is 2.69. The van der Waals surface area contributed by atoms with Gasteiger partial charge in [-0.2, -0.15) is 0 Å². The number of rotatable bonds is 5. The quantitative estimate of drug-likeness (QED) is 0.705. The number of carbonyl (C=O) groups is 1. The molecule has 3 rings (SSSR count). The molecule has 0 heterocycles. The molecule has 0 aromatic heterocycles. The minimum absolute atomic E-state index is 0.0931. The number of hydrogen-bond acceptors (Lipinski definition) is 3. The Hall–Kier alpha value is -2.62. The van der Waals surface area contributed by atoms with Crippen LogP contribution >= 0.6 is 0 Å². The van der Waals surface area contributed by atoms with Crippen molar-refractivity contribution in [3.05, 3.63) is 71.1 Å². The van der Waals surface area contributed by atoms with E-state index in [0.717, 1.165) is 16.7 Å². The second-order valence-corrected chi connectivity index (χ2v) is 6.78. The number of ether oxygens (including phenoxy) is 2. The Bertz CT molecular complexity index is 827. The van der Waals surface area contributed by atoms with Gasteiger partial charge in [-0.3, -0.25) is 4.79 Å². The van der Waals surface area contributed by atoms with Crippen LogP contribution in [0.4, 0.5) is 4.39 Å². The van der Waals surface area contributed by atoms with E-state index in [1.54, 1.807) is 6.07 Å². The highest BCUT2D eigenvalue weighted by Crippen LogP contribution is 2.39. The van der Waals surface area contributed by atoms with Crippen LogP contribution in [0.2, 0.25) is 0 Å². The van der Waals surface area contributed by atoms with Crippen LogP contribution < -0.4 is 9.47 Å². The standard InChI is InChI=1S/C22H23FO3/c1-14-9-18(15(2)20(24)10-14)17-11-19(23)22(21(12-17)25-3)26-13-16-7-5-4-6-8-16/h4-9,11-12,15,18H,10,13H2,1-3H3. The molecule has 0 amide bonds. The summed E-state index contributed by atoms with van der Waals surface area (Å²) in [6.07, 6.45) is 2.51. The van der Waals surface area contributed by atoms with Crippen molar-refractivity contribution in [2.75, 3.05) is 7.11 Å². The zero-order valence-corrected chi connectivity index (χ0v) is 15.3. The van der Waals surface area contributed by atoms with Crippen LogP contribution in [-0.4, -0.2) is 12.9 Å². The minimum Gasteiger partial charge on any atom is -0.493 e. The summed E-state index contributed by atoms with van der Waals surface area (Å²) in [5, 5.41) is 0. The van der Waals surface area contributed by atoms with Crippen molar-refractivity contribution in [1.82, 2.24) is 0 Å². The lowest BCUT2D eigenvalue weighted by molar-refractivity contribution is -0.122. The predicted octanol–water partition coefficient (Wildman–Crippen LogP) is 5.05. The molecule has 0 saturated heterocycles. The summed E-state index contributed by atoms with van der Waals surface area (Å²) in [6.45, 7) is 4.08. The minimum atomic E-state index is -0.480. The number of ketones is 1. The third-order valence-electron chi connectivity index (χ3n) is 4.83. The first-order valence-corrected chi connectivity index (χ1v) is 8.73. The van der Waals surface area contributed by atoms with Gasteiger partial charge >= 0.3 is 0 Å². The summed E-state index contributed by atoms with van der Waals surface area (Å²) in [4.78, 5) is 12.2. The highest BCUT2D eigenvalue weighted by atomic mass is 19.1. The summed E-state index contributed by atoms with van der Waals surface area (Å²) < 4.78 is 25.8. The van der Waals surface area contributed by atoms with Crippen molar-refractivity contribution in [2.24, 2.45) is 5.92 Å². The molecule has 2 aromatic rings. The second kappa shape index (κ2) is 7.73. The van der Waals surface area contributed by atoms with E-state index in [1.165, 1.54) is 13.2 Å². The molecule has 3 nitrogen and oxygen atoms in total. The van der Waals surface area contributed by atoms with Crippen LogP contribution in [0.15, 0.2) is 54.1 Å². The summed E-state index contributed by atoms with van der Waals surface area (Å²) in [6, 6.07) is 12.8. The second-order valence-electron chi connectivity index (χ2n) is 6.78. The van der Waals surface area contributed by atoms with Crippen LogP contribution in [0.5, 0.6) is 11.5 Å². The van der Waals surface area contributed by atoms with E-state index in [2.05, 4.69) is 0 Å². The molecule has 0 saturated carbocycles. The molecule has 4 heteroatoms. The first-order chi connectivity index (χ1) is 12.5. The van der Waals surface area contributed by atoms with Gasteiger partial charge in [0.1, 0.15) is 12.4 Å². The molecular weight excluding hydrogens is 331 g/mol. The number of hydrogen-bond donors (Lipinski definition) is 0. The number of halogens is 1. The van der Waals surface area contributed by atoms with Gasteiger partial charge in [-0.25, -0.2) is 4.39 Å². The van der Waals surface area contributed by atoms with Crippen molar-refractivity contribution < 1.29 is 18.7 Å². The Kier molecular flexibility index (Phi) is 5.40. The molecular formula is C22H23FO3. The zero-order chi connectivity index (χ0) is 18.7. The lowest BCUT2D eigenvalue weighted by Gasteiger charge is -2.26. The molecule has 2 aromatic carbocycles. The largest absolute Gasteiger partial charge is 0.493 e. The molecule has 0 fully saturated rings. The summed E-state index contributed by atoms with van der Waals surface area (Å²) >= 11 is 0. The maximum Gasteiger partial charge on any atom is 0.197 e. The van der Waals surface area contributed by atoms with Gasteiger partial charge < -0.3 is 9.47 Å². The lowest BCUT2D eigenvalue weighted by Crippen LogP contribution is -2.23. The molecule has 0 N–H and O–H groups in total. The van der Waals surface area contributed by atoms with E-state index in [1.807, 2.05) is 50.3 Å². The average Bonchev–Trinajstić information content (AvgIpc) is 2.64. The molecule has 1 aliphatic rings. The third-order valence-corrected chi connectivity index (χ3v) is 4.83. The molecule has 0 aliphatic heterocycles. The van der Waals surface area contributed by atoms with Crippen molar-refractivity contribution in [1.29, 1.82) is 0 Å². The van der Waals surface area contributed by atoms with Gasteiger partial charge in [-0.05, 0) is 30.2 Å². The SMILES string of the molecule is COc1cc(C2C=C(C)CC(=O)C2C)cc(F)c1OCc1ccccc1. The fourth-order valence-electron chi connectivity index (χ4n) is 3.33. The Morgan fingerprint density at radius 3 is 2.62 bits per heavy atom. The van der Waals surface area contributed by atoms with Gasteiger partial charge in [0.25, 0.3) is 0 Å². The van der Waals surface area contributed by atoms with Crippen molar-refractivity contribution in [3.8, 4) is 11.5 Å². The van der Waals surface area contributed by atoms with E-state index in [0.29, 0.717) is 12.2 Å². The van der Waals surface area contributed by atoms with Gasteiger partial charge in [0.15, 0.2) is 17.3 Å². The predicted molar refractivity (Wildman–Crippen MR) is 99.0 cm³/mol. The average molecular weight is 354 g/mol. The van der Waals surface area contributed by atoms with Gasteiger partial charge in [-0.1, -0.05) is 48.9 Å². The van der Waals surface area contributed by atoms with Crippen molar-refractivity contribution in [3.63, 3.8) is 0 Å². The van der Waals surface area contributed by atoms with Crippen molar-refractivity contribution >= 4 is 5.78 Å². The van der Waals surface area contributed by atoms with E-state index >= 15 is 0 Å². The van der Waals surface area contributed by atoms with Crippen molar-refractivity contribution in [2.45, 2.75) is 32.8 Å². The fraction of sp³-hybridized carbons (Fsp3) is 0.318. The number of Topliss-reactive ketones (excluding diaryl/α,β-unsaturated/α-hetero) is 1. The van der Waals surface area contributed by atoms with Crippen LogP contribution in [0.1, 0.15) is 37.3 Å². The summed E-state index contributed by atoms with van der Waals surface area (Å²) in [5.74, 6) is -0.199. The zero-order valence-electron chi connectivity index (χ0n) is 15.3. The maximum atomic E-state index is 14.8. The molecule has 0 radical (unpaired) electrons. The van der Waals surface area contributed by atoms with E-state index < -0.39 is 5.82 Å². The van der Waals surface area contributed by atoms with Crippen LogP contribution in [-0.2, 0) is 11.4 Å². The van der Waals surface area contributed by atoms with E-state index in [4.69, 9.17) is 9.47 Å². The monoisotopic (exact) mass is 354 g/mol. The Morgan fingerprint density at radius 2 is 1.92 bits per heavy atom. The third kappa shape index (κ3) is 3.79.